The zero-order valence-electron chi connectivity index (χ0n) is 12.7. The molecule has 0 saturated carbocycles. The Morgan fingerprint density at radius 2 is 2.05 bits per heavy atom. The molecule has 1 aliphatic heterocycles. The molecule has 5 heteroatoms. The number of rotatable bonds is 4. The highest BCUT2D eigenvalue weighted by molar-refractivity contribution is 9.10. The summed E-state index contributed by atoms with van der Waals surface area (Å²) >= 11 is 3.48. The summed E-state index contributed by atoms with van der Waals surface area (Å²) in [4.78, 5) is 12.1. The van der Waals surface area contributed by atoms with Gasteiger partial charge in [0.1, 0.15) is 4.32 Å². The van der Waals surface area contributed by atoms with E-state index in [-0.39, 0.29) is 18.2 Å². The third-order valence-corrected chi connectivity index (χ3v) is 4.16. The van der Waals surface area contributed by atoms with Crippen LogP contribution in [0.4, 0.5) is 0 Å². The van der Waals surface area contributed by atoms with Gasteiger partial charge >= 0.3 is 5.97 Å². The van der Waals surface area contributed by atoms with E-state index in [1.165, 1.54) is 0 Å². The smallest absolute Gasteiger partial charge is 0.325 e. The second-order valence-electron chi connectivity index (χ2n) is 5.94. The molecule has 112 valence electrons. The molecule has 1 heterocycles. The summed E-state index contributed by atoms with van der Waals surface area (Å²) in [6.07, 6.45) is 0.463. The molecule has 0 spiro atoms. The standard InChI is InChI=1S/C14H25BrO4/c1-7-17-12(16)14(6,15)11-8-10(9(2)3)18-13(4,5)19-11/h9-11H,7-8H2,1-6H3/t10-,11+,14?/m0/s1. The Labute approximate surface area is 124 Å². The van der Waals surface area contributed by atoms with Gasteiger partial charge in [0.2, 0.25) is 0 Å². The summed E-state index contributed by atoms with van der Waals surface area (Å²) in [6.45, 7) is 11.9. The second kappa shape index (κ2) is 6.10. The van der Waals surface area contributed by atoms with Crippen molar-refractivity contribution < 1.29 is 19.0 Å². The molecule has 0 amide bonds. The molecule has 1 rings (SSSR count). The molecular weight excluding hydrogens is 312 g/mol. The summed E-state index contributed by atoms with van der Waals surface area (Å²) in [5, 5.41) is 0. The van der Waals surface area contributed by atoms with Crippen LogP contribution < -0.4 is 0 Å². The van der Waals surface area contributed by atoms with E-state index in [9.17, 15) is 4.79 Å². The first-order chi connectivity index (χ1) is 8.60. The Bertz CT molecular complexity index is 325. The lowest BCUT2D eigenvalue weighted by molar-refractivity contribution is -0.309. The minimum absolute atomic E-state index is 0.0695. The van der Waals surface area contributed by atoms with Crippen LogP contribution in [0.2, 0.25) is 0 Å². The number of carbonyl (C=O) groups is 1. The van der Waals surface area contributed by atoms with Crippen LogP contribution in [0, 0.1) is 5.92 Å². The largest absolute Gasteiger partial charge is 0.465 e. The molecular formula is C14H25BrO4. The predicted molar refractivity (Wildman–Crippen MR) is 77.2 cm³/mol. The molecule has 0 aromatic rings. The van der Waals surface area contributed by atoms with Crippen LogP contribution in [-0.2, 0) is 19.0 Å². The maximum atomic E-state index is 12.1. The highest BCUT2D eigenvalue weighted by Gasteiger charge is 2.48. The minimum atomic E-state index is -0.850. The number of halogens is 1. The Hall–Kier alpha value is -0.130. The lowest BCUT2D eigenvalue weighted by Gasteiger charge is -2.45. The second-order valence-corrected chi connectivity index (χ2v) is 7.59. The van der Waals surface area contributed by atoms with Crippen molar-refractivity contribution >= 4 is 21.9 Å². The summed E-state index contributed by atoms with van der Waals surface area (Å²) in [5.41, 5.74) is 0. The van der Waals surface area contributed by atoms with Crippen LogP contribution in [0.3, 0.4) is 0 Å². The SMILES string of the molecule is CCOC(=O)C(C)(Br)[C@H]1C[C@@H](C(C)C)OC(C)(C)O1. The molecule has 0 aromatic heterocycles. The first-order valence-electron chi connectivity index (χ1n) is 6.82. The quantitative estimate of drug-likeness (QED) is 0.583. The minimum Gasteiger partial charge on any atom is -0.465 e. The van der Waals surface area contributed by atoms with Gasteiger partial charge in [0.05, 0.1) is 18.8 Å². The van der Waals surface area contributed by atoms with Gasteiger partial charge in [-0.3, -0.25) is 4.79 Å². The Balaban J connectivity index is 2.89. The number of ether oxygens (including phenoxy) is 3. The zero-order chi connectivity index (χ0) is 14.8. The Morgan fingerprint density at radius 1 is 1.47 bits per heavy atom. The molecule has 0 bridgehead atoms. The predicted octanol–water partition coefficient (Wildman–Crippen LogP) is 3.27. The number of hydrogen-bond acceptors (Lipinski definition) is 4. The van der Waals surface area contributed by atoms with Gasteiger partial charge in [-0.15, -0.1) is 0 Å². The van der Waals surface area contributed by atoms with Crippen molar-refractivity contribution in [1.82, 2.24) is 0 Å². The van der Waals surface area contributed by atoms with E-state index in [1.807, 2.05) is 13.8 Å². The van der Waals surface area contributed by atoms with Crippen LogP contribution in [0.5, 0.6) is 0 Å². The number of alkyl halides is 1. The fraction of sp³-hybridized carbons (Fsp3) is 0.929. The molecule has 0 aromatic carbocycles. The lowest BCUT2D eigenvalue weighted by Crippen LogP contribution is -2.55. The van der Waals surface area contributed by atoms with E-state index in [0.29, 0.717) is 18.9 Å². The molecule has 3 atom stereocenters. The van der Waals surface area contributed by atoms with Crippen molar-refractivity contribution in [3.8, 4) is 0 Å². The van der Waals surface area contributed by atoms with Crippen molar-refractivity contribution in [2.45, 2.75) is 70.3 Å². The first-order valence-corrected chi connectivity index (χ1v) is 7.61. The number of hydrogen-bond donors (Lipinski definition) is 0. The molecule has 1 saturated heterocycles. The molecule has 4 nitrogen and oxygen atoms in total. The average molecular weight is 337 g/mol. The van der Waals surface area contributed by atoms with Crippen molar-refractivity contribution in [1.29, 1.82) is 0 Å². The number of carbonyl (C=O) groups excluding carboxylic acids is 1. The van der Waals surface area contributed by atoms with E-state index >= 15 is 0 Å². The van der Waals surface area contributed by atoms with Gasteiger partial charge in [-0.25, -0.2) is 0 Å². The van der Waals surface area contributed by atoms with E-state index < -0.39 is 10.1 Å². The fourth-order valence-electron chi connectivity index (χ4n) is 2.19. The zero-order valence-corrected chi connectivity index (χ0v) is 14.2. The van der Waals surface area contributed by atoms with Gasteiger partial charge in [-0.05, 0) is 33.6 Å². The molecule has 1 fully saturated rings. The highest BCUT2D eigenvalue weighted by Crippen LogP contribution is 2.38. The molecule has 0 aliphatic carbocycles. The van der Waals surface area contributed by atoms with Crippen molar-refractivity contribution in [3.63, 3.8) is 0 Å². The molecule has 0 radical (unpaired) electrons. The van der Waals surface area contributed by atoms with Gasteiger partial charge in [-0.1, -0.05) is 29.8 Å². The monoisotopic (exact) mass is 336 g/mol. The third-order valence-electron chi connectivity index (χ3n) is 3.33. The van der Waals surface area contributed by atoms with Crippen LogP contribution in [0.25, 0.3) is 0 Å². The van der Waals surface area contributed by atoms with Gasteiger partial charge in [0.15, 0.2) is 5.79 Å². The van der Waals surface area contributed by atoms with Crippen LogP contribution in [-0.4, -0.2) is 34.9 Å². The normalized spacial score (nSPS) is 29.9. The Morgan fingerprint density at radius 3 is 2.53 bits per heavy atom. The van der Waals surface area contributed by atoms with E-state index in [2.05, 4.69) is 29.8 Å². The maximum Gasteiger partial charge on any atom is 0.325 e. The summed E-state index contributed by atoms with van der Waals surface area (Å²) < 4.78 is 16.1. The van der Waals surface area contributed by atoms with Crippen LogP contribution in [0.1, 0.15) is 48.0 Å². The van der Waals surface area contributed by atoms with Crippen molar-refractivity contribution in [2.24, 2.45) is 5.92 Å². The van der Waals surface area contributed by atoms with Gasteiger partial charge in [0, 0.05) is 6.42 Å². The van der Waals surface area contributed by atoms with Crippen LogP contribution >= 0.6 is 15.9 Å². The van der Waals surface area contributed by atoms with Crippen molar-refractivity contribution in [3.05, 3.63) is 0 Å². The summed E-state index contributed by atoms with van der Waals surface area (Å²) in [5.74, 6) is -0.615. The summed E-state index contributed by atoms with van der Waals surface area (Å²) in [7, 11) is 0. The van der Waals surface area contributed by atoms with Gasteiger partial charge in [0.25, 0.3) is 0 Å². The Kier molecular flexibility index (Phi) is 5.43. The molecule has 19 heavy (non-hydrogen) atoms. The summed E-state index contributed by atoms with van der Waals surface area (Å²) in [6, 6.07) is 0. The topological polar surface area (TPSA) is 44.8 Å². The van der Waals surface area contributed by atoms with Gasteiger partial charge in [-0.2, -0.15) is 0 Å². The van der Waals surface area contributed by atoms with Gasteiger partial charge < -0.3 is 14.2 Å². The highest BCUT2D eigenvalue weighted by atomic mass is 79.9. The number of esters is 1. The first kappa shape index (κ1) is 16.9. The molecule has 0 N–H and O–H groups in total. The fourth-order valence-corrected chi connectivity index (χ4v) is 2.58. The van der Waals surface area contributed by atoms with Crippen molar-refractivity contribution in [2.75, 3.05) is 6.61 Å². The lowest BCUT2D eigenvalue weighted by atomic mass is 9.92. The molecule has 1 unspecified atom stereocenters. The third kappa shape index (κ3) is 4.17. The maximum absolute atomic E-state index is 12.1. The van der Waals surface area contributed by atoms with Crippen LogP contribution in [0.15, 0.2) is 0 Å². The van der Waals surface area contributed by atoms with E-state index in [1.54, 1.807) is 13.8 Å². The van der Waals surface area contributed by atoms with E-state index in [0.717, 1.165) is 0 Å². The molecule has 1 aliphatic rings. The van der Waals surface area contributed by atoms with E-state index in [4.69, 9.17) is 14.2 Å². The average Bonchev–Trinajstić information content (AvgIpc) is 2.27.